The largest absolute Gasteiger partial charge is 0.504 e. The molecule has 2 saturated carbocycles. The van der Waals surface area contributed by atoms with Crippen LogP contribution in [0.25, 0.3) is 11.1 Å². The number of benzene rings is 4. The van der Waals surface area contributed by atoms with Crippen molar-refractivity contribution in [3.63, 3.8) is 0 Å². The van der Waals surface area contributed by atoms with E-state index in [1.165, 1.54) is 30.4 Å². The third kappa shape index (κ3) is 9.13. The molecule has 8 aliphatic heterocycles. The molecule has 0 spiro atoms. The van der Waals surface area contributed by atoms with Gasteiger partial charge in [-0.2, -0.15) is 0 Å². The van der Waals surface area contributed by atoms with E-state index in [-0.39, 0.29) is 78.5 Å². The van der Waals surface area contributed by atoms with Gasteiger partial charge in [0.05, 0.1) is 53.1 Å². The average Bonchev–Trinajstić information content (AvgIpc) is 1.13. The van der Waals surface area contributed by atoms with Gasteiger partial charge in [-0.15, -0.1) is 0 Å². The molecule has 4 aromatic carbocycles. The van der Waals surface area contributed by atoms with Crippen molar-refractivity contribution in [3.05, 3.63) is 93.1 Å². The quantitative estimate of drug-likeness (QED) is 0.0778. The zero-order valence-electron chi connectivity index (χ0n) is 45.0. The number of hydrogen-bond donors (Lipinski definition) is 20. The Hall–Kier alpha value is -8.32. The number of aliphatic hydroxyl groups excluding tert-OH is 14. The fourth-order valence-corrected chi connectivity index (χ4v) is 13.1. The molecule has 0 radical (unpaired) electrons. The van der Waals surface area contributed by atoms with Crippen molar-refractivity contribution in [2.45, 2.75) is 121 Å². The second-order valence-electron chi connectivity index (χ2n) is 22.4. The number of ether oxygens (including phenoxy) is 8. The van der Waals surface area contributed by atoms with E-state index in [1.54, 1.807) is 18.2 Å². The number of carbonyl (C=O) groups excluding carboxylic acids is 4. The lowest BCUT2D eigenvalue weighted by Crippen LogP contribution is -2.66. The normalized spacial score (nSPS) is 35.5. The van der Waals surface area contributed by atoms with Crippen molar-refractivity contribution in [3.8, 4) is 57.5 Å². The minimum atomic E-state index is -1.60. The molecule has 4 amide bonds. The number of aliphatic hydroxyl groups is 14. The number of amides is 4. The molecule has 0 aromatic heterocycles. The molecule has 0 bridgehead atoms. The summed E-state index contributed by atoms with van der Waals surface area (Å²) in [7, 11) is 0. The van der Waals surface area contributed by atoms with E-state index >= 15 is 0 Å². The fraction of sp³-hybridized carbons (Fsp3) is 0.429. The van der Waals surface area contributed by atoms with Gasteiger partial charge in [-0.1, -0.05) is 0 Å². The van der Waals surface area contributed by atoms with Crippen LogP contribution < -0.4 is 59.2 Å². The van der Waals surface area contributed by atoms with Gasteiger partial charge in [-0.3, -0.25) is 19.2 Å². The number of hydrogen-bond acceptors (Lipinski definition) is 28. The molecule has 8 heterocycles. The van der Waals surface area contributed by atoms with Crippen LogP contribution in [0.5, 0.6) is 57.5 Å². The molecule has 88 heavy (non-hydrogen) atoms. The molecule has 2 fully saturated rings. The Labute approximate surface area is 492 Å². The number of phenols is 2. The second-order valence-corrected chi connectivity index (χ2v) is 22.4. The summed E-state index contributed by atoms with van der Waals surface area (Å²) < 4.78 is 41.7. The lowest BCUT2D eigenvalue weighted by atomic mass is 9.70. The first-order valence-electron chi connectivity index (χ1n) is 27.3. The minimum Gasteiger partial charge on any atom is -0.504 e. The summed E-state index contributed by atoms with van der Waals surface area (Å²) in [5.74, 6) is -2.06. The zero-order chi connectivity index (χ0) is 62.4. The molecule has 0 unspecified atom stereocenters. The summed E-state index contributed by atoms with van der Waals surface area (Å²) in [6.45, 7) is -0.0550. The Kier molecular flexibility index (Phi) is 14.5. The zero-order valence-corrected chi connectivity index (χ0v) is 45.0. The van der Waals surface area contributed by atoms with Crippen molar-refractivity contribution in [1.82, 2.24) is 21.3 Å². The van der Waals surface area contributed by atoms with Crippen LogP contribution >= 0.6 is 0 Å². The van der Waals surface area contributed by atoms with Gasteiger partial charge in [-0.25, -0.2) is 0 Å². The van der Waals surface area contributed by atoms with Crippen molar-refractivity contribution in [2.24, 2.45) is 0 Å². The van der Waals surface area contributed by atoms with E-state index < -0.39 is 145 Å². The highest BCUT2D eigenvalue weighted by Gasteiger charge is 2.56. The van der Waals surface area contributed by atoms with Crippen molar-refractivity contribution in [2.75, 3.05) is 27.2 Å². The molecule has 0 saturated heterocycles. The highest BCUT2D eigenvalue weighted by molar-refractivity contribution is 6.08. The van der Waals surface area contributed by atoms with Crippen LogP contribution in [0.15, 0.2) is 48.6 Å². The lowest BCUT2D eigenvalue weighted by molar-refractivity contribution is -0.155. The summed E-state index contributed by atoms with van der Waals surface area (Å²) in [5, 5.41) is 170. The maximum absolute atomic E-state index is 12.3. The van der Waals surface area contributed by atoms with Crippen molar-refractivity contribution in [1.29, 1.82) is 0 Å². The van der Waals surface area contributed by atoms with Crippen molar-refractivity contribution < 1.29 is 139 Å². The van der Waals surface area contributed by atoms with Gasteiger partial charge in [0.2, 0.25) is 38.7 Å². The van der Waals surface area contributed by atoms with Crippen LogP contribution in [0, 0.1) is 0 Å². The van der Waals surface area contributed by atoms with Crippen molar-refractivity contribution >= 4 is 34.8 Å². The van der Waals surface area contributed by atoms with E-state index in [1.807, 2.05) is 0 Å². The van der Waals surface area contributed by atoms with Crippen LogP contribution in [0.4, 0.5) is 0 Å². The number of aromatic hydroxyl groups is 2. The first kappa shape index (κ1) is 58.7. The third-order valence-electron chi connectivity index (χ3n) is 17.6. The molecule has 468 valence electrons. The Morgan fingerprint density at radius 1 is 0.330 bits per heavy atom. The van der Waals surface area contributed by atoms with Gasteiger partial charge >= 0.3 is 0 Å². The van der Waals surface area contributed by atoms with Crippen LogP contribution in [-0.2, 0) is 0 Å². The Morgan fingerprint density at radius 2 is 0.693 bits per heavy atom. The second kappa shape index (κ2) is 21.8. The smallest absolute Gasteiger partial charge is 0.256 e. The highest BCUT2D eigenvalue weighted by atomic mass is 16.7. The molecule has 4 aliphatic carbocycles. The fourth-order valence-electron chi connectivity index (χ4n) is 13.1. The first-order valence-corrected chi connectivity index (χ1v) is 27.3. The summed E-state index contributed by atoms with van der Waals surface area (Å²) in [5.41, 5.74) is 3.11. The molecule has 20 N–H and O–H groups in total. The Balaban J connectivity index is 0.000000108. The van der Waals surface area contributed by atoms with Gasteiger partial charge < -0.3 is 141 Å². The predicted octanol–water partition coefficient (Wildman–Crippen LogP) is -6.44. The van der Waals surface area contributed by atoms with E-state index in [9.17, 15) is 101 Å². The molecule has 16 rings (SSSR count). The average molecular weight is 1230 g/mol. The third-order valence-corrected chi connectivity index (χ3v) is 17.6. The van der Waals surface area contributed by atoms with Gasteiger partial charge in [0.1, 0.15) is 73.2 Å². The maximum Gasteiger partial charge on any atom is 0.256 e. The number of nitrogens with one attached hydrogen (secondary N) is 4. The Bertz CT molecular complexity index is 3660. The summed E-state index contributed by atoms with van der Waals surface area (Å²) in [6.07, 6.45) is -16.9. The summed E-state index contributed by atoms with van der Waals surface area (Å²) >= 11 is 0. The molecule has 32 heteroatoms. The molecule has 32 nitrogen and oxygen atoms in total. The maximum atomic E-state index is 12.3. The van der Waals surface area contributed by atoms with Gasteiger partial charge in [0, 0.05) is 23.0 Å². The molecule has 4 aromatic rings. The summed E-state index contributed by atoms with van der Waals surface area (Å²) in [6, 6.07) is 5.74. The van der Waals surface area contributed by atoms with E-state index in [2.05, 4.69) is 21.3 Å². The van der Waals surface area contributed by atoms with Crippen LogP contribution in [0.2, 0.25) is 0 Å². The SMILES string of the molecule is O=C1N[C@@H]2C(=C[C@H](O)[C@@H](O)[C@H]2O)c2cc3c(c(O)c21)OCO3.O=C1N[C@@H]2C(=C[C@H](O)[C@@H](O)[C@H]2O)c2cc3c(cc21)OCO3.O=C1N[C@H]2[C@H](O)[C@H](O)[C@@H](O)[C@H](O)[C@@H]2c2cc3c(c(O)c21)OCO3.O=C1N[C@H]2[C@H](O)[C@H](O)[C@@H](O)[C@H](O)[C@@H]2c2cc3c(cc21)OCO3. The van der Waals surface area contributed by atoms with Crippen LogP contribution in [0.1, 0.15) is 75.5 Å². The number of rotatable bonds is 0. The van der Waals surface area contributed by atoms with E-state index in [4.69, 9.17) is 37.9 Å². The highest BCUT2D eigenvalue weighted by Crippen LogP contribution is 2.52. The monoisotopic (exact) mass is 1230 g/mol. The molecule has 12 aliphatic rings. The predicted molar refractivity (Wildman–Crippen MR) is 284 cm³/mol. The first-order chi connectivity index (χ1) is 41.9. The van der Waals surface area contributed by atoms with E-state index in [0.29, 0.717) is 62.0 Å². The van der Waals surface area contributed by atoms with E-state index in [0.717, 1.165) is 0 Å². The Morgan fingerprint density at radius 3 is 1.24 bits per heavy atom. The standard InChI is InChI=1S/C14H15NO8.C14H13NO7.C14H15NO7.C14H13NO6/c16-8-5-3-1-4-13(23-2-22-4)9(17)6(3)14(21)15-7(5)10(18)12(20)11(8)19;16-6-1-5-4-2-7-13(22-3-21-7)11(18)8(4)14(20)15-9(5)12(19)10(6)17;16-10-8-4-1-6-7(22-3-21-6)2-5(4)14(20)15-9(8)11(17)13(19)12(10)18;16-8-1-6-5-2-9-10(21-4-20-9)3-7(5)14(19)15-11(6)13(18)12(8)17/h1,5,7-8,10-12,16-20H,2H2,(H,15,21);1-2,6,9-10,12,16-19H,3H2,(H,15,20);1-2,8-13,16-19H,3H2,(H,15,20);1-3,8,11-13,16-18H,4H2,(H,15,19)/t5-,7-,8-,10+,11+,12+;6-,9+,10+,12-;8-,9-,10-,11+,12+,13+;8-,11+,12+,13-/m1010/s1. The minimum absolute atomic E-state index is 0.0115. The van der Waals surface area contributed by atoms with Gasteiger partial charge in [-0.05, 0) is 76.4 Å². The van der Waals surface area contributed by atoms with Crippen LogP contribution in [0.3, 0.4) is 0 Å². The van der Waals surface area contributed by atoms with Crippen LogP contribution in [-0.4, -0.2) is 242 Å². The number of carbonyl (C=O) groups is 4. The van der Waals surface area contributed by atoms with Gasteiger partial charge in [0.25, 0.3) is 23.6 Å². The molecular weight excluding hydrogens is 1180 g/mol. The summed E-state index contributed by atoms with van der Waals surface area (Å²) in [4.78, 5) is 49.0. The lowest BCUT2D eigenvalue weighted by Gasteiger charge is -2.47. The molecular formula is C56H56N4O28. The molecule has 20 atom stereocenters. The number of fused-ring (bicyclic) bond motifs is 16. The van der Waals surface area contributed by atoms with Gasteiger partial charge in [0.15, 0.2) is 46.0 Å². The number of phenolic OH excluding ortho intramolecular Hbond substituents is 2. The topological polar surface area (TPSA) is 514 Å².